The summed E-state index contributed by atoms with van der Waals surface area (Å²) in [4.78, 5) is 0. The number of rotatable bonds is 3. The van der Waals surface area contributed by atoms with Crippen LogP contribution in [0.2, 0.25) is 0 Å². The molecular weight excluding hydrogens is 214 g/mol. The van der Waals surface area contributed by atoms with Gasteiger partial charge in [0.05, 0.1) is 5.69 Å². The summed E-state index contributed by atoms with van der Waals surface area (Å²) in [6.45, 7) is 5.55. The van der Waals surface area contributed by atoms with Crippen LogP contribution in [0.4, 0.5) is 5.82 Å². The second kappa shape index (κ2) is 3.84. The number of nitrogens with zero attached hydrogens (tertiary/aromatic N) is 1. The highest BCUT2D eigenvalue weighted by atomic mass is 32.2. The fraction of sp³-hybridized carbons (Fsp3) is 0.667. The third-order valence-electron chi connectivity index (χ3n) is 2.49. The van der Waals surface area contributed by atoms with Crippen LogP contribution in [0.5, 0.6) is 0 Å². The first-order valence-corrected chi connectivity index (χ1v) is 6.73. The number of sulfone groups is 1. The smallest absolute Gasteiger partial charge is 0.155 e. The molecule has 1 unspecified atom stereocenters. The number of nitrogens with one attached hydrogen (secondary N) is 1. The lowest BCUT2D eigenvalue weighted by Gasteiger charge is -2.12. The fourth-order valence-corrected chi connectivity index (χ4v) is 2.12. The standard InChI is InChI=1S/C9H17N3O2S/c1-5(2)7-8(11-12-9(7)10)6(3)15(4,13)14/h5-6H,1-4H3,(H3,10,11,12). The lowest BCUT2D eigenvalue weighted by Crippen LogP contribution is -2.11. The predicted octanol–water partition coefficient (Wildman–Crippen LogP) is 1.22. The molecule has 0 amide bonds. The van der Waals surface area contributed by atoms with Crippen LogP contribution in [0, 0.1) is 0 Å². The number of nitrogen functional groups attached to an aromatic ring is 1. The van der Waals surface area contributed by atoms with E-state index in [1.807, 2.05) is 13.8 Å². The Balaban J connectivity index is 3.27. The second-order valence-corrected chi connectivity index (χ2v) is 6.43. The van der Waals surface area contributed by atoms with Crippen molar-refractivity contribution in [2.45, 2.75) is 31.9 Å². The molecule has 0 spiro atoms. The zero-order valence-electron chi connectivity index (χ0n) is 9.40. The van der Waals surface area contributed by atoms with Gasteiger partial charge in [-0.3, -0.25) is 5.10 Å². The minimum atomic E-state index is -3.13. The molecule has 0 saturated carbocycles. The molecule has 0 radical (unpaired) electrons. The number of nitrogens with two attached hydrogens (primary N) is 1. The number of aromatic nitrogens is 2. The Morgan fingerprint density at radius 2 is 1.87 bits per heavy atom. The van der Waals surface area contributed by atoms with Crippen molar-refractivity contribution < 1.29 is 8.42 Å². The van der Waals surface area contributed by atoms with Crippen LogP contribution in [0.1, 0.15) is 43.2 Å². The highest BCUT2D eigenvalue weighted by molar-refractivity contribution is 7.90. The molecule has 0 aliphatic rings. The van der Waals surface area contributed by atoms with E-state index >= 15 is 0 Å². The molecule has 1 heterocycles. The summed E-state index contributed by atoms with van der Waals surface area (Å²) in [6, 6.07) is 0. The van der Waals surface area contributed by atoms with Crippen molar-refractivity contribution in [1.82, 2.24) is 10.2 Å². The molecule has 0 saturated heterocycles. The lowest BCUT2D eigenvalue weighted by atomic mass is 10.0. The van der Waals surface area contributed by atoms with Gasteiger partial charge in [-0.25, -0.2) is 8.42 Å². The van der Waals surface area contributed by atoms with Gasteiger partial charge in [-0.05, 0) is 12.8 Å². The van der Waals surface area contributed by atoms with Crippen LogP contribution in [-0.4, -0.2) is 24.9 Å². The first kappa shape index (κ1) is 12.0. The van der Waals surface area contributed by atoms with Gasteiger partial charge in [0, 0.05) is 11.8 Å². The van der Waals surface area contributed by atoms with E-state index in [1.54, 1.807) is 6.92 Å². The average Bonchev–Trinajstić information content (AvgIpc) is 2.43. The molecule has 1 aromatic heterocycles. The third kappa shape index (κ3) is 2.31. The Morgan fingerprint density at radius 1 is 1.33 bits per heavy atom. The molecule has 0 aliphatic carbocycles. The van der Waals surface area contributed by atoms with Crippen LogP contribution in [-0.2, 0) is 9.84 Å². The van der Waals surface area contributed by atoms with Crippen LogP contribution in [0.25, 0.3) is 0 Å². The number of H-pyrrole nitrogens is 1. The van der Waals surface area contributed by atoms with Gasteiger partial charge in [0.25, 0.3) is 0 Å². The molecule has 0 aromatic carbocycles. The minimum absolute atomic E-state index is 0.156. The van der Waals surface area contributed by atoms with Crippen molar-refractivity contribution in [3.8, 4) is 0 Å². The molecule has 0 fully saturated rings. The molecule has 0 bridgehead atoms. The first-order valence-electron chi connectivity index (χ1n) is 4.77. The highest BCUT2D eigenvalue weighted by Crippen LogP contribution is 2.30. The molecule has 15 heavy (non-hydrogen) atoms. The summed E-state index contributed by atoms with van der Waals surface area (Å²) >= 11 is 0. The highest BCUT2D eigenvalue weighted by Gasteiger charge is 2.25. The summed E-state index contributed by atoms with van der Waals surface area (Å²) in [5, 5.41) is 5.97. The van der Waals surface area contributed by atoms with Crippen LogP contribution >= 0.6 is 0 Å². The molecular formula is C9H17N3O2S. The maximum absolute atomic E-state index is 11.4. The van der Waals surface area contributed by atoms with Crippen molar-refractivity contribution in [1.29, 1.82) is 0 Å². The molecule has 6 heteroatoms. The van der Waals surface area contributed by atoms with Crippen molar-refractivity contribution in [3.63, 3.8) is 0 Å². The minimum Gasteiger partial charge on any atom is -0.382 e. The number of anilines is 1. The zero-order chi connectivity index (χ0) is 11.8. The van der Waals surface area contributed by atoms with Gasteiger partial charge < -0.3 is 5.73 Å². The van der Waals surface area contributed by atoms with Gasteiger partial charge in [-0.1, -0.05) is 13.8 Å². The summed E-state index contributed by atoms with van der Waals surface area (Å²) in [6.07, 6.45) is 1.21. The summed E-state index contributed by atoms with van der Waals surface area (Å²) in [5.41, 5.74) is 7.09. The Kier molecular flexibility index (Phi) is 3.08. The van der Waals surface area contributed by atoms with E-state index in [-0.39, 0.29) is 5.92 Å². The lowest BCUT2D eigenvalue weighted by molar-refractivity contribution is 0.590. The van der Waals surface area contributed by atoms with E-state index in [2.05, 4.69) is 10.2 Å². The molecule has 86 valence electrons. The van der Waals surface area contributed by atoms with Crippen molar-refractivity contribution in [2.24, 2.45) is 0 Å². The summed E-state index contributed by atoms with van der Waals surface area (Å²) < 4.78 is 22.9. The van der Waals surface area contributed by atoms with Crippen LogP contribution in [0.3, 0.4) is 0 Å². The second-order valence-electron chi connectivity index (χ2n) is 4.06. The summed E-state index contributed by atoms with van der Waals surface area (Å²) in [5.74, 6) is 0.540. The Morgan fingerprint density at radius 3 is 2.27 bits per heavy atom. The average molecular weight is 231 g/mol. The number of aromatic amines is 1. The van der Waals surface area contributed by atoms with Crippen molar-refractivity contribution in [3.05, 3.63) is 11.3 Å². The van der Waals surface area contributed by atoms with E-state index in [4.69, 9.17) is 5.73 Å². The largest absolute Gasteiger partial charge is 0.382 e. The number of hydrogen-bond acceptors (Lipinski definition) is 4. The first-order chi connectivity index (χ1) is 6.75. The van der Waals surface area contributed by atoms with Crippen molar-refractivity contribution >= 4 is 15.7 Å². The van der Waals surface area contributed by atoms with Gasteiger partial charge in [0.1, 0.15) is 11.1 Å². The fourth-order valence-electron chi connectivity index (χ4n) is 1.51. The van der Waals surface area contributed by atoms with E-state index in [9.17, 15) is 8.42 Å². The Hall–Kier alpha value is -1.04. The zero-order valence-corrected chi connectivity index (χ0v) is 10.2. The van der Waals surface area contributed by atoms with Gasteiger partial charge in [-0.2, -0.15) is 5.10 Å². The van der Waals surface area contributed by atoms with Gasteiger partial charge in [-0.15, -0.1) is 0 Å². The third-order valence-corrected chi connectivity index (χ3v) is 4.01. The molecule has 1 atom stereocenters. The Bertz CT molecular complexity index is 448. The van der Waals surface area contributed by atoms with Crippen LogP contribution < -0.4 is 5.73 Å². The molecule has 0 aliphatic heterocycles. The maximum atomic E-state index is 11.4. The molecule has 1 aromatic rings. The van der Waals surface area contributed by atoms with E-state index in [0.717, 1.165) is 5.56 Å². The monoisotopic (exact) mass is 231 g/mol. The Labute approximate surface area is 90.0 Å². The van der Waals surface area contributed by atoms with Crippen LogP contribution in [0.15, 0.2) is 0 Å². The molecule has 1 rings (SSSR count). The quantitative estimate of drug-likeness (QED) is 0.818. The number of hydrogen-bond donors (Lipinski definition) is 2. The van der Waals surface area contributed by atoms with E-state index in [1.165, 1.54) is 6.26 Å². The molecule has 3 N–H and O–H groups in total. The maximum Gasteiger partial charge on any atom is 0.155 e. The molecule has 5 nitrogen and oxygen atoms in total. The predicted molar refractivity (Wildman–Crippen MR) is 60.3 cm³/mol. The SMILES string of the molecule is CC(C)c1c(N)n[nH]c1C(C)S(C)(=O)=O. The normalized spacial score (nSPS) is 14.5. The van der Waals surface area contributed by atoms with E-state index < -0.39 is 15.1 Å². The summed E-state index contributed by atoms with van der Waals surface area (Å²) in [7, 11) is -3.13. The van der Waals surface area contributed by atoms with E-state index in [0.29, 0.717) is 11.5 Å². The van der Waals surface area contributed by atoms with Gasteiger partial charge in [0.15, 0.2) is 9.84 Å². The van der Waals surface area contributed by atoms with Crippen molar-refractivity contribution in [2.75, 3.05) is 12.0 Å². The van der Waals surface area contributed by atoms with Gasteiger partial charge in [0.2, 0.25) is 0 Å². The topological polar surface area (TPSA) is 88.8 Å². The van der Waals surface area contributed by atoms with Gasteiger partial charge >= 0.3 is 0 Å².